The van der Waals surface area contributed by atoms with Crippen molar-refractivity contribution < 1.29 is 22.4 Å². The molecule has 0 heterocycles. The van der Waals surface area contributed by atoms with Gasteiger partial charge in [-0.15, -0.1) is 0 Å². The van der Waals surface area contributed by atoms with E-state index in [1.54, 1.807) is 0 Å². The summed E-state index contributed by atoms with van der Waals surface area (Å²) in [7, 11) is -3.95. The molecule has 1 atom stereocenters. The van der Waals surface area contributed by atoms with Gasteiger partial charge >= 0.3 is 0 Å². The number of carbonyl (C=O) groups is 2. The Hall–Kier alpha value is -3.72. The van der Waals surface area contributed by atoms with Crippen molar-refractivity contribution in [2.24, 2.45) is 0 Å². The molecule has 38 heavy (non-hydrogen) atoms. The number of nitrogens with one attached hydrogen (secondary N) is 1. The summed E-state index contributed by atoms with van der Waals surface area (Å²) in [5.74, 6) is -1.55. The van der Waals surface area contributed by atoms with Gasteiger partial charge in [-0.3, -0.25) is 13.9 Å². The second-order valence-electron chi connectivity index (χ2n) is 9.63. The average Bonchev–Trinajstić information content (AvgIpc) is 2.84. The Morgan fingerprint density at radius 3 is 2.18 bits per heavy atom. The van der Waals surface area contributed by atoms with Gasteiger partial charge in [0.05, 0.1) is 11.9 Å². The average molecular weight is 540 g/mol. The molecule has 7 nitrogen and oxygen atoms in total. The van der Waals surface area contributed by atoms with Crippen molar-refractivity contribution in [3.63, 3.8) is 0 Å². The van der Waals surface area contributed by atoms with Crippen LogP contribution in [0.3, 0.4) is 0 Å². The van der Waals surface area contributed by atoms with Crippen LogP contribution in [0.4, 0.5) is 10.1 Å². The van der Waals surface area contributed by atoms with Crippen LogP contribution in [0, 0.1) is 12.7 Å². The molecule has 1 N–H and O–H groups in total. The number of halogens is 1. The molecule has 2 amide bonds. The number of aryl methyl sites for hydroxylation is 1. The highest BCUT2D eigenvalue weighted by atomic mass is 32.2. The van der Waals surface area contributed by atoms with Crippen LogP contribution in [0.1, 0.15) is 30.5 Å². The highest BCUT2D eigenvalue weighted by Crippen LogP contribution is 2.21. The van der Waals surface area contributed by atoms with Crippen LogP contribution in [0.5, 0.6) is 0 Å². The van der Waals surface area contributed by atoms with Gasteiger partial charge < -0.3 is 10.2 Å². The van der Waals surface area contributed by atoms with Crippen LogP contribution in [-0.2, 0) is 32.6 Å². The first-order valence-corrected chi connectivity index (χ1v) is 14.2. The summed E-state index contributed by atoms with van der Waals surface area (Å²) in [5.41, 5.74) is 2.66. The van der Waals surface area contributed by atoms with E-state index in [1.165, 1.54) is 23.1 Å². The molecule has 9 heteroatoms. The van der Waals surface area contributed by atoms with Gasteiger partial charge in [-0.25, -0.2) is 12.8 Å². The van der Waals surface area contributed by atoms with Crippen LogP contribution in [0.25, 0.3) is 0 Å². The van der Waals surface area contributed by atoms with Crippen molar-refractivity contribution >= 4 is 27.5 Å². The molecule has 3 rings (SSSR count). The van der Waals surface area contributed by atoms with E-state index >= 15 is 0 Å². The molecule has 0 spiro atoms. The Kier molecular flexibility index (Phi) is 9.63. The van der Waals surface area contributed by atoms with Gasteiger partial charge in [0.1, 0.15) is 18.4 Å². The second kappa shape index (κ2) is 12.7. The van der Waals surface area contributed by atoms with Crippen molar-refractivity contribution in [3.05, 3.63) is 101 Å². The van der Waals surface area contributed by atoms with Gasteiger partial charge in [-0.05, 0) is 50.1 Å². The zero-order valence-corrected chi connectivity index (χ0v) is 22.9. The van der Waals surface area contributed by atoms with Crippen LogP contribution < -0.4 is 9.62 Å². The molecule has 1 unspecified atom stereocenters. The lowest BCUT2D eigenvalue weighted by atomic mass is 10.0. The molecule has 0 fully saturated rings. The molecular formula is C29H34FN3O4S. The lowest BCUT2D eigenvalue weighted by Gasteiger charge is -2.34. The SMILES string of the molecule is Cc1cccc(CN(C(=O)CN(c2cccc(F)c2)S(C)(=O)=O)C(Cc2ccccc2)C(=O)NC(C)C)c1. The van der Waals surface area contributed by atoms with E-state index in [0.717, 1.165) is 33.3 Å². The Morgan fingerprint density at radius 2 is 1.58 bits per heavy atom. The van der Waals surface area contributed by atoms with Gasteiger partial charge in [0.2, 0.25) is 21.8 Å². The quantitative estimate of drug-likeness (QED) is 0.398. The summed E-state index contributed by atoms with van der Waals surface area (Å²) >= 11 is 0. The third-order valence-corrected chi connectivity index (χ3v) is 7.05. The lowest BCUT2D eigenvalue weighted by Crippen LogP contribution is -2.54. The molecule has 0 aromatic heterocycles. The second-order valence-corrected chi connectivity index (χ2v) is 11.5. The minimum atomic E-state index is -3.95. The molecule has 0 saturated heterocycles. The number of hydrogen-bond acceptors (Lipinski definition) is 4. The highest BCUT2D eigenvalue weighted by molar-refractivity contribution is 7.92. The van der Waals surface area contributed by atoms with E-state index in [1.807, 2.05) is 75.4 Å². The number of carbonyl (C=O) groups excluding carboxylic acids is 2. The number of amides is 2. The third kappa shape index (κ3) is 8.14. The van der Waals surface area contributed by atoms with E-state index < -0.39 is 34.3 Å². The first kappa shape index (κ1) is 28.8. The minimum Gasteiger partial charge on any atom is -0.352 e. The number of nitrogens with zero attached hydrogens (tertiary/aromatic N) is 2. The summed E-state index contributed by atoms with van der Waals surface area (Å²) in [5, 5.41) is 2.90. The largest absolute Gasteiger partial charge is 0.352 e. The summed E-state index contributed by atoms with van der Waals surface area (Å²) in [6, 6.07) is 20.9. The van der Waals surface area contributed by atoms with Crippen LogP contribution in [0.2, 0.25) is 0 Å². The minimum absolute atomic E-state index is 0.0302. The highest BCUT2D eigenvalue weighted by Gasteiger charge is 2.33. The smallest absolute Gasteiger partial charge is 0.244 e. The molecule has 3 aromatic carbocycles. The van der Waals surface area contributed by atoms with Crippen LogP contribution in [-0.4, -0.2) is 50.0 Å². The van der Waals surface area contributed by atoms with Crippen molar-refractivity contribution in [2.75, 3.05) is 17.1 Å². The summed E-state index contributed by atoms with van der Waals surface area (Å²) in [4.78, 5) is 28.8. The molecule has 0 bridgehead atoms. The third-order valence-electron chi connectivity index (χ3n) is 5.91. The normalized spacial score (nSPS) is 12.2. The molecule has 202 valence electrons. The van der Waals surface area contributed by atoms with Crippen molar-refractivity contribution in [3.8, 4) is 0 Å². The van der Waals surface area contributed by atoms with Gasteiger partial charge in [0, 0.05) is 19.0 Å². The molecule has 0 saturated carbocycles. The first-order chi connectivity index (χ1) is 17.9. The predicted molar refractivity (Wildman–Crippen MR) is 148 cm³/mol. The monoisotopic (exact) mass is 539 g/mol. The van der Waals surface area contributed by atoms with Crippen molar-refractivity contribution in [1.29, 1.82) is 0 Å². The van der Waals surface area contributed by atoms with E-state index in [-0.39, 0.29) is 30.6 Å². The molecule has 0 aliphatic carbocycles. The fourth-order valence-electron chi connectivity index (χ4n) is 4.19. The maximum atomic E-state index is 14.0. The number of sulfonamides is 1. The number of hydrogen-bond donors (Lipinski definition) is 1. The number of rotatable bonds is 11. The summed E-state index contributed by atoms with van der Waals surface area (Å²) < 4.78 is 40.2. The topological polar surface area (TPSA) is 86.8 Å². The lowest BCUT2D eigenvalue weighted by molar-refractivity contribution is -0.140. The zero-order chi connectivity index (χ0) is 27.9. The fraction of sp³-hybridized carbons (Fsp3) is 0.310. The predicted octanol–water partition coefficient (Wildman–Crippen LogP) is 4.06. The van der Waals surface area contributed by atoms with Crippen molar-refractivity contribution in [1.82, 2.24) is 10.2 Å². The van der Waals surface area contributed by atoms with E-state index in [0.29, 0.717) is 0 Å². The van der Waals surface area contributed by atoms with Gasteiger partial charge in [0.25, 0.3) is 0 Å². The number of anilines is 1. The van der Waals surface area contributed by atoms with E-state index in [9.17, 15) is 22.4 Å². The summed E-state index contributed by atoms with van der Waals surface area (Å²) in [6.07, 6.45) is 1.19. The maximum absolute atomic E-state index is 14.0. The Bertz CT molecular complexity index is 1360. The Balaban J connectivity index is 2.06. The van der Waals surface area contributed by atoms with Gasteiger partial charge in [0.15, 0.2) is 0 Å². The molecular weight excluding hydrogens is 505 g/mol. The van der Waals surface area contributed by atoms with Crippen molar-refractivity contribution in [2.45, 2.75) is 45.8 Å². The molecule has 0 radical (unpaired) electrons. The fourth-order valence-corrected chi connectivity index (χ4v) is 5.03. The standard InChI is InChI=1S/C29H34FN3O4S/c1-21(2)31-29(35)27(17-23-11-6-5-7-12-23)32(19-24-13-8-10-22(3)16-24)28(34)20-33(38(4,36)37)26-15-9-14-25(30)18-26/h5-16,18,21,27H,17,19-20H2,1-4H3,(H,31,35). The molecule has 3 aromatic rings. The van der Waals surface area contributed by atoms with E-state index in [2.05, 4.69) is 5.32 Å². The number of benzene rings is 3. The van der Waals surface area contributed by atoms with Gasteiger partial charge in [-0.1, -0.05) is 66.2 Å². The van der Waals surface area contributed by atoms with Crippen LogP contribution >= 0.6 is 0 Å². The maximum Gasteiger partial charge on any atom is 0.244 e. The molecule has 0 aliphatic rings. The zero-order valence-electron chi connectivity index (χ0n) is 22.1. The Morgan fingerprint density at radius 1 is 0.921 bits per heavy atom. The Labute approximate surface area is 224 Å². The first-order valence-electron chi connectivity index (χ1n) is 12.4. The summed E-state index contributed by atoms with van der Waals surface area (Å²) in [6.45, 7) is 5.09. The van der Waals surface area contributed by atoms with E-state index in [4.69, 9.17) is 0 Å². The van der Waals surface area contributed by atoms with Gasteiger partial charge in [-0.2, -0.15) is 0 Å². The molecule has 0 aliphatic heterocycles. The van der Waals surface area contributed by atoms with Crippen LogP contribution in [0.15, 0.2) is 78.9 Å².